The number of para-hydroxylation sites is 2. The van der Waals surface area contributed by atoms with Gasteiger partial charge < -0.3 is 4.57 Å². The molecule has 2 heterocycles. The number of hydrogen-bond donors (Lipinski definition) is 0. The highest BCUT2D eigenvalue weighted by atomic mass is 79.9. The van der Waals surface area contributed by atoms with Crippen LogP contribution in [0.2, 0.25) is 0 Å². The minimum atomic E-state index is 0.335. The van der Waals surface area contributed by atoms with Gasteiger partial charge in [-0.3, -0.25) is 0 Å². The average Bonchev–Trinajstić information content (AvgIpc) is 2.78. The molecule has 0 saturated carbocycles. The molecule has 21 heavy (non-hydrogen) atoms. The highest BCUT2D eigenvalue weighted by Crippen LogP contribution is 2.32. The summed E-state index contributed by atoms with van der Waals surface area (Å²) in [5.74, 6) is 0. The lowest BCUT2D eigenvalue weighted by Crippen LogP contribution is -2.01. The predicted molar refractivity (Wildman–Crippen MR) is 90.6 cm³/mol. The van der Waals surface area contributed by atoms with Gasteiger partial charge in [-0.05, 0) is 44.2 Å². The van der Waals surface area contributed by atoms with Gasteiger partial charge in [-0.15, -0.1) is 0 Å². The molecule has 4 rings (SSSR count). The first-order valence-corrected chi connectivity index (χ1v) is 7.80. The number of benzene rings is 2. The number of fused-ring (bicyclic) bond motifs is 4. The van der Waals surface area contributed by atoms with Crippen molar-refractivity contribution in [2.75, 3.05) is 0 Å². The van der Waals surface area contributed by atoms with Crippen LogP contribution in [0.3, 0.4) is 0 Å². The summed E-state index contributed by atoms with van der Waals surface area (Å²) >= 11 is 3.56. The smallest absolute Gasteiger partial charge is 0.160 e. The minimum absolute atomic E-state index is 0.335. The zero-order chi connectivity index (χ0) is 14.6. The molecule has 3 nitrogen and oxygen atoms in total. The summed E-state index contributed by atoms with van der Waals surface area (Å²) in [6.45, 7) is 4.36. The Morgan fingerprint density at radius 2 is 1.71 bits per heavy atom. The van der Waals surface area contributed by atoms with Gasteiger partial charge in [0.05, 0.1) is 16.6 Å². The molecule has 4 aromatic rings. The van der Waals surface area contributed by atoms with E-state index in [4.69, 9.17) is 9.97 Å². The Morgan fingerprint density at radius 1 is 1.00 bits per heavy atom. The molecule has 0 amide bonds. The van der Waals surface area contributed by atoms with Gasteiger partial charge in [-0.25, -0.2) is 9.97 Å². The van der Waals surface area contributed by atoms with Crippen molar-refractivity contribution in [3.8, 4) is 0 Å². The van der Waals surface area contributed by atoms with Crippen molar-refractivity contribution in [1.29, 1.82) is 0 Å². The molecule has 0 bridgehead atoms. The summed E-state index contributed by atoms with van der Waals surface area (Å²) in [4.78, 5) is 9.70. The standard InChI is InChI=1S/C17H14BrN3/c1-10(2)21-15-8-7-11(18)9-12(15)16-17(21)20-14-6-4-3-5-13(14)19-16/h3-10H,1-2H3. The van der Waals surface area contributed by atoms with E-state index < -0.39 is 0 Å². The monoisotopic (exact) mass is 339 g/mol. The highest BCUT2D eigenvalue weighted by molar-refractivity contribution is 9.10. The lowest BCUT2D eigenvalue weighted by atomic mass is 10.2. The molecule has 4 heteroatoms. The summed E-state index contributed by atoms with van der Waals surface area (Å²) in [7, 11) is 0. The average molecular weight is 340 g/mol. The third-order valence-electron chi connectivity index (χ3n) is 3.77. The first kappa shape index (κ1) is 12.8. The Hall–Kier alpha value is -1.94. The number of aromatic nitrogens is 3. The molecule has 0 aliphatic carbocycles. The molecule has 104 valence electrons. The molecule has 0 unspecified atom stereocenters. The Balaban J connectivity index is 2.28. The number of nitrogens with zero attached hydrogens (tertiary/aromatic N) is 3. The van der Waals surface area contributed by atoms with Crippen molar-refractivity contribution in [3.05, 3.63) is 46.9 Å². The first-order valence-electron chi connectivity index (χ1n) is 7.01. The Kier molecular flexibility index (Phi) is 2.76. The van der Waals surface area contributed by atoms with Gasteiger partial charge in [-0.2, -0.15) is 0 Å². The van der Waals surface area contributed by atoms with Gasteiger partial charge in [0.25, 0.3) is 0 Å². The van der Waals surface area contributed by atoms with E-state index in [-0.39, 0.29) is 0 Å². The second-order valence-corrected chi connectivity index (χ2v) is 6.43. The summed E-state index contributed by atoms with van der Waals surface area (Å²) in [6, 6.07) is 14.7. The first-order chi connectivity index (χ1) is 10.1. The van der Waals surface area contributed by atoms with E-state index in [0.717, 1.165) is 32.1 Å². The SMILES string of the molecule is CC(C)n1c2ccc(Br)cc2c2nc3ccccc3nc21. The summed E-state index contributed by atoms with van der Waals surface area (Å²) in [5.41, 5.74) is 4.98. The van der Waals surface area contributed by atoms with Crippen molar-refractivity contribution in [2.45, 2.75) is 19.9 Å². The van der Waals surface area contributed by atoms with E-state index in [1.807, 2.05) is 24.3 Å². The molecular weight excluding hydrogens is 326 g/mol. The molecule has 0 N–H and O–H groups in total. The van der Waals surface area contributed by atoms with Crippen LogP contribution in [-0.2, 0) is 0 Å². The fourth-order valence-corrected chi connectivity index (χ4v) is 3.25. The lowest BCUT2D eigenvalue weighted by molar-refractivity contribution is 0.637. The fraction of sp³-hybridized carbons (Fsp3) is 0.176. The molecule has 2 aromatic heterocycles. The van der Waals surface area contributed by atoms with Crippen LogP contribution in [0.1, 0.15) is 19.9 Å². The number of rotatable bonds is 1. The van der Waals surface area contributed by atoms with Gasteiger partial charge in [-0.1, -0.05) is 28.1 Å². The lowest BCUT2D eigenvalue weighted by Gasteiger charge is -2.10. The molecule has 0 aliphatic rings. The van der Waals surface area contributed by atoms with Crippen LogP contribution in [-0.4, -0.2) is 14.5 Å². The quantitative estimate of drug-likeness (QED) is 0.484. The van der Waals surface area contributed by atoms with Crippen molar-refractivity contribution < 1.29 is 0 Å². The topological polar surface area (TPSA) is 30.7 Å². The van der Waals surface area contributed by atoms with Gasteiger partial charge >= 0.3 is 0 Å². The van der Waals surface area contributed by atoms with E-state index in [9.17, 15) is 0 Å². The van der Waals surface area contributed by atoms with E-state index in [1.165, 1.54) is 5.52 Å². The van der Waals surface area contributed by atoms with Crippen LogP contribution in [0.4, 0.5) is 0 Å². The van der Waals surface area contributed by atoms with E-state index >= 15 is 0 Å². The van der Waals surface area contributed by atoms with Crippen molar-refractivity contribution in [1.82, 2.24) is 14.5 Å². The number of hydrogen-bond acceptors (Lipinski definition) is 2. The maximum absolute atomic E-state index is 4.85. The van der Waals surface area contributed by atoms with Gasteiger partial charge in [0.15, 0.2) is 5.65 Å². The van der Waals surface area contributed by atoms with Crippen molar-refractivity contribution in [3.63, 3.8) is 0 Å². The second-order valence-electron chi connectivity index (χ2n) is 5.51. The second kappa shape index (κ2) is 4.53. The minimum Gasteiger partial charge on any atom is -0.321 e. The number of halogens is 1. The predicted octanol–water partition coefficient (Wildman–Crippen LogP) is 5.08. The third-order valence-corrected chi connectivity index (χ3v) is 4.26. The Bertz CT molecular complexity index is 986. The molecule has 0 radical (unpaired) electrons. The van der Waals surface area contributed by atoms with E-state index in [2.05, 4.69) is 52.5 Å². The molecule has 2 aromatic carbocycles. The van der Waals surface area contributed by atoms with Crippen LogP contribution >= 0.6 is 15.9 Å². The summed E-state index contributed by atoms with van der Waals surface area (Å²) in [5, 5.41) is 1.14. The van der Waals surface area contributed by atoms with Crippen LogP contribution in [0.15, 0.2) is 46.9 Å². The van der Waals surface area contributed by atoms with Crippen LogP contribution in [0, 0.1) is 0 Å². The fourth-order valence-electron chi connectivity index (χ4n) is 2.88. The normalized spacial score (nSPS) is 12.0. The van der Waals surface area contributed by atoms with Crippen molar-refractivity contribution in [2.24, 2.45) is 0 Å². The van der Waals surface area contributed by atoms with Crippen LogP contribution < -0.4 is 0 Å². The van der Waals surface area contributed by atoms with E-state index in [0.29, 0.717) is 6.04 Å². The summed E-state index contributed by atoms with van der Waals surface area (Å²) < 4.78 is 3.32. The molecule has 0 saturated heterocycles. The highest BCUT2D eigenvalue weighted by Gasteiger charge is 2.16. The molecule has 0 fully saturated rings. The maximum atomic E-state index is 4.85. The third kappa shape index (κ3) is 1.86. The Morgan fingerprint density at radius 3 is 2.43 bits per heavy atom. The van der Waals surface area contributed by atoms with Gasteiger partial charge in [0.2, 0.25) is 0 Å². The van der Waals surface area contributed by atoms with E-state index in [1.54, 1.807) is 0 Å². The Labute approximate surface area is 130 Å². The summed E-state index contributed by atoms with van der Waals surface area (Å²) in [6.07, 6.45) is 0. The maximum Gasteiger partial charge on any atom is 0.160 e. The molecule has 0 spiro atoms. The van der Waals surface area contributed by atoms with Crippen LogP contribution in [0.5, 0.6) is 0 Å². The molecule has 0 atom stereocenters. The zero-order valence-corrected chi connectivity index (χ0v) is 13.4. The zero-order valence-electron chi connectivity index (χ0n) is 11.8. The molecular formula is C17H14BrN3. The molecule has 0 aliphatic heterocycles. The van der Waals surface area contributed by atoms with Crippen LogP contribution in [0.25, 0.3) is 33.1 Å². The van der Waals surface area contributed by atoms with Gasteiger partial charge in [0, 0.05) is 15.9 Å². The van der Waals surface area contributed by atoms with Crippen molar-refractivity contribution >= 4 is 49.0 Å². The largest absolute Gasteiger partial charge is 0.321 e. The van der Waals surface area contributed by atoms with Gasteiger partial charge in [0.1, 0.15) is 5.52 Å².